The summed E-state index contributed by atoms with van der Waals surface area (Å²) in [7, 11) is 0. The number of aromatic nitrogens is 1. The molecule has 0 fully saturated rings. The highest BCUT2D eigenvalue weighted by Crippen LogP contribution is 2.46. The van der Waals surface area contributed by atoms with Crippen LogP contribution in [0.5, 0.6) is 17.2 Å². The first-order valence-corrected chi connectivity index (χ1v) is 8.05. The molecule has 0 bridgehead atoms. The Bertz CT molecular complexity index is 1330. The summed E-state index contributed by atoms with van der Waals surface area (Å²) in [4.78, 5) is 3.40. The SMILES string of the molecule is [C-]#[N+]c1cc2onc(N=Nc3c(O)cc4c(O)cc(N)cc4c3O)c2cc1C. The van der Waals surface area contributed by atoms with Crippen molar-refractivity contribution in [3.8, 4) is 17.2 Å². The molecule has 9 heteroatoms. The number of anilines is 1. The molecule has 4 aromatic rings. The molecule has 0 spiro atoms. The second kappa shape index (κ2) is 6.14. The summed E-state index contributed by atoms with van der Waals surface area (Å²) in [6.45, 7) is 8.92. The third-order valence-electron chi connectivity index (χ3n) is 4.32. The van der Waals surface area contributed by atoms with Gasteiger partial charge in [0.25, 0.3) is 0 Å². The maximum Gasteiger partial charge on any atom is 0.224 e. The van der Waals surface area contributed by atoms with E-state index in [4.69, 9.17) is 16.8 Å². The zero-order valence-electron chi connectivity index (χ0n) is 14.5. The van der Waals surface area contributed by atoms with Crippen LogP contribution in [-0.4, -0.2) is 20.5 Å². The quantitative estimate of drug-likeness (QED) is 0.222. The lowest BCUT2D eigenvalue weighted by Gasteiger charge is -2.08. The van der Waals surface area contributed by atoms with Crippen LogP contribution >= 0.6 is 0 Å². The van der Waals surface area contributed by atoms with Crippen LogP contribution in [0, 0.1) is 13.5 Å². The van der Waals surface area contributed by atoms with E-state index in [2.05, 4.69) is 20.2 Å². The highest BCUT2D eigenvalue weighted by Gasteiger charge is 2.16. The van der Waals surface area contributed by atoms with Crippen molar-refractivity contribution in [3.63, 3.8) is 0 Å². The first-order valence-electron chi connectivity index (χ1n) is 8.05. The van der Waals surface area contributed by atoms with Gasteiger partial charge in [-0.25, -0.2) is 4.85 Å². The predicted molar refractivity (Wildman–Crippen MR) is 103 cm³/mol. The van der Waals surface area contributed by atoms with Gasteiger partial charge in [0.1, 0.15) is 11.5 Å². The molecule has 3 aromatic carbocycles. The van der Waals surface area contributed by atoms with Crippen LogP contribution in [0.1, 0.15) is 5.56 Å². The predicted octanol–water partition coefficient (Wildman–Crippen LogP) is 4.95. The van der Waals surface area contributed by atoms with Gasteiger partial charge in [0, 0.05) is 22.5 Å². The van der Waals surface area contributed by atoms with Crippen LogP contribution < -0.4 is 5.73 Å². The lowest BCUT2D eigenvalue weighted by Crippen LogP contribution is -1.86. The van der Waals surface area contributed by atoms with E-state index in [1.165, 1.54) is 18.2 Å². The summed E-state index contributed by atoms with van der Waals surface area (Å²) >= 11 is 0. The number of hydrogen-bond acceptors (Lipinski definition) is 8. The topological polar surface area (TPSA) is 142 Å². The molecule has 0 radical (unpaired) electrons. The summed E-state index contributed by atoms with van der Waals surface area (Å²) in [6.07, 6.45) is 0. The summed E-state index contributed by atoms with van der Waals surface area (Å²) in [5.41, 5.74) is 7.27. The molecule has 1 aromatic heterocycles. The molecule has 0 atom stereocenters. The van der Waals surface area contributed by atoms with E-state index < -0.39 is 0 Å². The molecule has 0 saturated heterocycles. The Morgan fingerprint density at radius 1 is 1.00 bits per heavy atom. The van der Waals surface area contributed by atoms with E-state index in [-0.39, 0.29) is 45.2 Å². The number of nitrogens with two attached hydrogens (primary N) is 1. The van der Waals surface area contributed by atoms with Crippen molar-refractivity contribution < 1.29 is 19.8 Å². The van der Waals surface area contributed by atoms with Crippen molar-refractivity contribution in [2.75, 3.05) is 5.73 Å². The van der Waals surface area contributed by atoms with Crippen LogP contribution in [-0.2, 0) is 0 Å². The van der Waals surface area contributed by atoms with Crippen LogP contribution in [0.4, 0.5) is 22.9 Å². The Hall–Kier alpha value is -4.32. The highest BCUT2D eigenvalue weighted by molar-refractivity contribution is 6.00. The second-order valence-corrected chi connectivity index (χ2v) is 6.18. The number of phenols is 3. The fourth-order valence-corrected chi connectivity index (χ4v) is 2.92. The standard InChI is InChI=1S/C19H13N5O4/c1-8-3-12-16(7-13(8)21-2)28-24-19(12)23-22-17-15(26)6-10-11(18(17)27)4-9(20)5-14(10)25/h3-7,25-27H,20H2,1H3. The van der Waals surface area contributed by atoms with Gasteiger partial charge in [0.15, 0.2) is 22.7 Å². The lowest BCUT2D eigenvalue weighted by molar-refractivity contribution is 0.452. The maximum absolute atomic E-state index is 10.5. The number of nitrogens with zero attached hydrogens (tertiary/aromatic N) is 4. The van der Waals surface area contributed by atoms with Crippen LogP contribution in [0.2, 0.25) is 0 Å². The molecule has 0 unspecified atom stereocenters. The van der Waals surface area contributed by atoms with E-state index >= 15 is 0 Å². The summed E-state index contributed by atoms with van der Waals surface area (Å²) < 4.78 is 5.18. The molecule has 0 amide bonds. The van der Waals surface area contributed by atoms with Gasteiger partial charge in [-0.15, -0.1) is 10.2 Å². The normalized spacial score (nSPS) is 11.4. The first kappa shape index (κ1) is 17.1. The zero-order chi connectivity index (χ0) is 20.0. The molecule has 0 aliphatic heterocycles. The van der Waals surface area contributed by atoms with E-state index in [1.807, 2.05) is 0 Å². The van der Waals surface area contributed by atoms with Gasteiger partial charge in [0.2, 0.25) is 5.82 Å². The number of nitrogen functional groups attached to an aromatic ring is 1. The molecule has 9 nitrogen and oxygen atoms in total. The maximum atomic E-state index is 10.5. The lowest BCUT2D eigenvalue weighted by atomic mass is 10.1. The fourth-order valence-electron chi connectivity index (χ4n) is 2.92. The van der Waals surface area contributed by atoms with Gasteiger partial charge in [-0.1, -0.05) is 11.2 Å². The summed E-state index contributed by atoms with van der Waals surface area (Å²) in [5, 5.41) is 43.3. The number of aromatic hydroxyl groups is 3. The molecule has 5 N–H and O–H groups in total. The number of hydrogen-bond donors (Lipinski definition) is 4. The molecule has 28 heavy (non-hydrogen) atoms. The number of aryl methyl sites for hydroxylation is 1. The largest absolute Gasteiger partial charge is 0.507 e. The third-order valence-corrected chi connectivity index (χ3v) is 4.32. The molecular weight excluding hydrogens is 362 g/mol. The molecule has 4 rings (SSSR count). The Kier molecular flexibility index (Phi) is 3.75. The van der Waals surface area contributed by atoms with Gasteiger partial charge >= 0.3 is 0 Å². The first-order chi connectivity index (χ1) is 13.4. The van der Waals surface area contributed by atoms with Gasteiger partial charge in [-0.3, -0.25) is 0 Å². The minimum atomic E-state index is -0.388. The van der Waals surface area contributed by atoms with E-state index in [9.17, 15) is 15.3 Å². The molecule has 1 heterocycles. The molecule has 0 aliphatic rings. The second-order valence-electron chi connectivity index (χ2n) is 6.18. The Morgan fingerprint density at radius 2 is 1.79 bits per heavy atom. The van der Waals surface area contributed by atoms with Crippen molar-refractivity contribution in [1.29, 1.82) is 0 Å². The van der Waals surface area contributed by atoms with Crippen LogP contribution in [0.15, 0.2) is 45.1 Å². The van der Waals surface area contributed by atoms with Gasteiger partial charge in [0.05, 0.1) is 12.0 Å². The summed E-state index contributed by atoms with van der Waals surface area (Å²) in [5.74, 6) is -0.824. The van der Waals surface area contributed by atoms with Crippen molar-refractivity contribution in [3.05, 3.63) is 47.3 Å². The summed E-state index contributed by atoms with van der Waals surface area (Å²) in [6, 6.07) is 7.27. The number of benzene rings is 3. The number of fused-ring (bicyclic) bond motifs is 2. The van der Waals surface area contributed by atoms with Crippen LogP contribution in [0.3, 0.4) is 0 Å². The smallest absolute Gasteiger partial charge is 0.224 e. The van der Waals surface area contributed by atoms with Crippen molar-refractivity contribution in [2.45, 2.75) is 6.92 Å². The highest BCUT2D eigenvalue weighted by atomic mass is 16.5. The Morgan fingerprint density at radius 3 is 2.54 bits per heavy atom. The number of azo groups is 1. The monoisotopic (exact) mass is 375 g/mol. The van der Waals surface area contributed by atoms with Gasteiger partial charge in [-0.2, -0.15) is 0 Å². The minimum absolute atomic E-state index is 0.129. The zero-order valence-corrected chi connectivity index (χ0v) is 14.5. The van der Waals surface area contributed by atoms with Crippen molar-refractivity contribution in [2.24, 2.45) is 10.2 Å². The molecule has 138 valence electrons. The minimum Gasteiger partial charge on any atom is -0.507 e. The van der Waals surface area contributed by atoms with Crippen molar-refractivity contribution in [1.82, 2.24) is 5.16 Å². The van der Waals surface area contributed by atoms with Crippen LogP contribution in [0.25, 0.3) is 26.6 Å². The molecule has 0 aliphatic carbocycles. The third kappa shape index (κ3) is 2.60. The Balaban J connectivity index is 1.84. The number of phenolic OH excluding ortho intramolecular Hbond substituents is 3. The van der Waals surface area contributed by atoms with E-state index in [0.29, 0.717) is 16.7 Å². The van der Waals surface area contributed by atoms with Gasteiger partial charge < -0.3 is 25.6 Å². The molecular formula is C19H13N5O4. The number of rotatable bonds is 2. The van der Waals surface area contributed by atoms with E-state index in [0.717, 1.165) is 5.56 Å². The van der Waals surface area contributed by atoms with Gasteiger partial charge in [-0.05, 0) is 30.7 Å². The average Bonchev–Trinajstić information content (AvgIpc) is 3.04. The van der Waals surface area contributed by atoms with Crippen molar-refractivity contribution >= 4 is 44.6 Å². The fraction of sp³-hybridized carbons (Fsp3) is 0.0526. The Labute approximate surface area is 157 Å². The average molecular weight is 375 g/mol. The molecule has 0 saturated carbocycles. The van der Waals surface area contributed by atoms with E-state index in [1.54, 1.807) is 19.1 Å².